The summed E-state index contributed by atoms with van der Waals surface area (Å²) in [6, 6.07) is 32.6. The Balaban J connectivity index is 1.52. The molecule has 0 saturated carbocycles. The quantitative estimate of drug-likeness (QED) is 0.210. The Hall–Kier alpha value is -4.46. The molecule has 6 nitrogen and oxygen atoms in total. The van der Waals surface area contributed by atoms with Gasteiger partial charge in [-0.15, -0.1) is 0 Å². The van der Waals surface area contributed by atoms with E-state index in [1.807, 2.05) is 72.9 Å². The highest BCUT2D eigenvalue weighted by atomic mass is 32.2. The molecule has 0 aliphatic heterocycles. The number of nitrogens with zero attached hydrogens (tertiary/aromatic N) is 1. The van der Waals surface area contributed by atoms with Gasteiger partial charge in [0.1, 0.15) is 5.65 Å². The third kappa shape index (κ3) is 4.90. The van der Waals surface area contributed by atoms with Crippen molar-refractivity contribution < 1.29 is 13.5 Å². The standard InChI is InChI=1S/C32H27N3O3S/c36-18-17-33-25-14-12-23(13-15-25)28-20-34-32-31(30(28)24-7-3-1-4-8-24)27-19-22(11-16-29(27)35-32)21-39(37,38)26-9-5-2-6-10-26/h1-16,19-20,33,36H,17-18,21H2,(H,34,35). The molecule has 3 N–H and O–H groups in total. The van der Waals surface area contributed by atoms with E-state index in [0.29, 0.717) is 11.4 Å². The van der Waals surface area contributed by atoms with Gasteiger partial charge in [0.25, 0.3) is 0 Å². The van der Waals surface area contributed by atoms with Crippen LogP contribution in [0.3, 0.4) is 0 Å². The summed E-state index contributed by atoms with van der Waals surface area (Å²) in [5.74, 6) is -0.0876. The summed E-state index contributed by atoms with van der Waals surface area (Å²) in [6.07, 6.45) is 1.89. The number of aliphatic hydroxyl groups excluding tert-OH is 1. The molecular formula is C32H27N3O3S. The first-order valence-electron chi connectivity index (χ1n) is 12.8. The van der Waals surface area contributed by atoms with Gasteiger partial charge in [-0.05, 0) is 53.1 Å². The summed E-state index contributed by atoms with van der Waals surface area (Å²) in [4.78, 5) is 8.52. The van der Waals surface area contributed by atoms with Crippen molar-refractivity contribution in [3.8, 4) is 22.3 Å². The van der Waals surface area contributed by atoms with E-state index in [2.05, 4.69) is 22.4 Å². The number of anilines is 1. The number of fused-ring (bicyclic) bond motifs is 3. The molecule has 0 atom stereocenters. The SMILES string of the molecule is O=S(=O)(Cc1ccc2[nH]c3ncc(-c4ccc(NCCO)cc4)c(-c4ccccc4)c3c2c1)c1ccccc1. The number of rotatable bonds is 8. The van der Waals surface area contributed by atoms with Crippen molar-refractivity contribution in [3.63, 3.8) is 0 Å². The number of benzene rings is 4. The molecule has 0 unspecified atom stereocenters. The van der Waals surface area contributed by atoms with Gasteiger partial charge in [-0.2, -0.15) is 0 Å². The molecule has 2 aromatic heterocycles. The molecule has 0 saturated heterocycles. The first kappa shape index (κ1) is 24.9. The lowest BCUT2D eigenvalue weighted by atomic mass is 9.92. The molecule has 39 heavy (non-hydrogen) atoms. The zero-order valence-electron chi connectivity index (χ0n) is 21.1. The predicted molar refractivity (Wildman–Crippen MR) is 157 cm³/mol. The fraction of sp³-hybridized carbons (Fsp3) is 0.0938. The average molecular weight is 534 g/mol. The maximum absolute atomic E-state index is 13.1. The third-order valence-electron chi connectivity index (χ3n) is 6.84. The van der Waals surface area contributed by atoms with Crippen molar-refractivity contribution in [1.29, 1.82) is 0 Å². The van der Waals surface area contributed by atoms with Crippen LogP contribution < -0.4 is 5.32 Å². The Labute approximate surface area is 226 Å². The second kappa shape index (κ2) is 10.4. The molecule has 0 spiro atoms. The molecule has 0 bridgehead atoms. The number of hydrogen-bond donors (Lipinski definition) is 3. The van der Waals surface area contributed by atoms with Crippen LogP contribution in [-0.4, -0.2) is 36.6 Å². The molecule has 0 amide bonds. The van der Waals surface area contributed by atoms with Crippen molar-refractivity contribution in [3.05, 3.63) is 115 Å². The average Bonchev–Trinajstić information content (AvgIpc) is 3.34. The fourth-order valence-corrected chi connectivity index (χ4v) is 6.37. The number of sulfone groups is 1. The topological polar surface area (TPSA) is 95.1 Å². The maximum atomic E-state index is 13.1. The molecular weight excluding hydrogens is 506 g/mol. The summed E-state index contributed by atoms with van der Waals surface area (Å²) < 4.78 is 26.2. The van der Waals surface area contributed by atoms with Crippen molar-refractivity contribution in [1.82, 2.24) is 9.97 Å². The minimum Gasteiger partial charge on any atom is -0.395 e. The minimum atomic E-state index is -3.49. The summed E-state index contributed by atoms with van der Waals surface area (Å²) >= 11 is 0. The van der Waals surface area contributed by atoms with E-state index in [-0.39, 0.29) is 12.4 Å². The maximum Gasteiger partial charge on any atom is 0.182 e. The molecule has 0 aliphatic rings. The van der Waals surface area contributed by atoms with Crippen LogP contribution in [0, 0.1) is 0 Å². The van der Waals surface area contributed by atoms with Gasteiger partial charge in [0, 0.05) is 45.8 Å². The first-order chi connectivity index (χ1) is 19.0. The molecule has 0 fully saturated rings. The summed E-state index contributed by atoms with van der Waals surface area (Å²) in [7, 11) is -3.49. The Bertz CT molecular complexity index is 1870. The Morgan fingerprint density at radius 2 is 1.54 bits per heavy atom. The number of aromatic nitrogens is 2. The largest absolute Gasteiger partial charge is 0.395 e. The van der Waals surface area contributed by atoms with E-state index in [1.54, 1.807) is 24.3 Å². The van der Waals surface area contributed by atoms with Crippen LogP contribution in [0.1, 0.15) is 5.56 Å². The Morgan fingerprint density at radius 1 is 0.821 bits per heavy atom. The van der Waals surface area contributed by atoms with Crippen LogP contribution >= 0.6 is 0 Å². The zero-order chi connectivity index (χ0) is 26.8. The zero-order valence-corrected chi connectivity index (χ0v) is 21.9. The Morgan fingerprint density at radius 3 is 2.26 bits per heavy atom. The smallest absolute Gasteiger partial charge is 0.182 e. The molecule has 6 rings (SSSR count). The Kier molecular flexibility index (Phi) is 6.60. The number of pyridine rings is 1. The third-order valence-corrected chi connectivity index (χ3v) is 8.55. The number of hydrogen-bond acceptors (Lipinski definition) is 5. The van der Waals surface area contributed by atoms with Gasteiger partial charge in [0.05, 0.1) is 17.3 Å². The fourth-order valence-electron chi connectivity index (χ4n) is 5.01. The van der Waals surface area contributed by atoms with Crippen LogP contribution in [0.2, 0.25) is 0 Å². The summed E-state index contributed by atoms with van der Waals surface area (Å²) in [5, 5.41) is 14.2. The van der Waals surface area contributed by atoms with Gasteiger partial charge < -0.3 is 15.4 Å². The molecule has 6 aromatic rings. The number of aromatic amines is 1. The summed E-state index contributed by atoms with van der Waals surface area (Å²) in [6.45, 7) is 0.551. The molecule has 0 aliphatic carbocycles. The van der Waals surface area contributed by atoms with Gasteiger partial charge in [-0.1, -0.05) is 66.7 Å². The number of aliphatic hydroxyl groups is 1. The van der Waals surface area contributed by atoms with Crippen LogP contribution in [-0.2, 0) is 15.6 Å². The van der Waals surface area contributed by atoms with Crippen molar-refractivity contribution in [2.75, 3.05) is 18.5 Å². The number of H-pyrrole nitrogens is 1. The monoisotopic (exact) mass is 533 g/mol. The van der Waals surface area contributed by atoms with Crippen molar-refractivity contribution >= 4 is 37.5 Å². The van der Waals surface area contributed by atoms with Gasteiger partial charge in [0.15, 0.2) is 9.84 Å². The highest BCUT2D eigenvalue weighted by molar-refractivity contribution is 7.90. The van der Waals surface area contributed by atoms with Crippen LogP contribution in [0.4, 0.5) is 5.69 Å². The van der Waals surface area contributed by atoms with Crippen LogP contribution in [0.5, 0.6) is 0 Å². The van der Waals surface area contributed by atoms with Crippen LogP contribution in [0.15, 0.2) is 114 Å². The second-order valence-corrected chi connectivity index (χ2v) is 11.4. The predicted octanol–water partition coefficient (Wildman–Crippen LogP) is 6.43. The van der Waals surface area contributed by atoms with E-state index in [0.717, 1.165) is 55.4 Å². The molecule has 0 radical (unpaired) electrons. The molecule has 7 heteroatoms. The highest BCUT2D eigenvalue weighted by Gasteiger charge is 2.19. The molecule has 194 valence electrons. The van der Waals surface area contributed by atoms with Crippen molar-refractivity contribution in [2.45, 2.75) is 10.6 Å². The van der Waals surface area contributed by atoms with E-state index in [9.17, 15) is 8.42 Å². The first-order valence-corrected chi connectivity index (χ1v) is 14.4. The lowest BCUT2D eigenvalue weighted by molar-refractivity contribution is 0.311. The van der Waals surface area contributed by atoms with Crippen LogP contribution in [0.25, 0.3) is 44.2 Å². The minimum absolute atomic E-state index is 0.0652. The lowest BCUT2D eigenvalue weighted by Crippen LogP contribution is -2.04. The van der Waals surface area contributed by atoms with E-state index < -0.39 is 9.84 Å². The van der Waals surface area contributed by atoms with E-state index in [4.69, 9.17) is 10.1 Å². The highest BCUT2D eigenvalue weighted by Crippen LogP contribution is 2.41. The molecule has 4 aromatic carbocycles. The van der Waals surface area contributed by atoms with Gasteiger partial charge >= 0.3 is 0 Å². The lowest BCUT2D eigenvalue weighted by Gasteiger charge is -2.13. The number of nitrogens with one attached hydrogen (secondary N) is 2. The molecule has 2 heterocycles. The van der Waals surface area contributed by atoms with Gasteiger partial charge in [-0.3, -0.25) is 0 Å². The van der Waals surface area contributed by atoms with Gasteiger partial charge in [-0.25, -0.2) is 13.4 Å². The van der Waals surface area contributed by atoms with Crippen molar-refractivity contribution in [2.24, 2.45) is 0 Å². The normalized spacial score (nSPS) is 11.7. The van der Waals surface area contributed by atoms with E-state index >= 15 is 0 Å². The summed E-state index contributed by atoms with van der Waals surface area (Å²) in [5.41, 5.74) is 7.36. The second-order valence-electron chi connectivity index (χ2n) is 9.44. The van der Waals surface area contributed by atoms with Gasteiger partial charge in [0.2, 0.25) is 0 Å². The van der Waals surface area contributed by atoms with E-state index in [1.165, 1.54) is 0 Å².